The number of benzene rings is 2. The first-order chi connectivity index (χ1) is 24.7. The van der Waals surface area contributed by atoms with Crippen molar-refractivity contribution in [3.63, 3.8) is 0 Å². The number of halogens is 4. The standard InChI is InChI=1S/C18H20ClFN4O2.C18H20F2N4O2/c2*1-23-16(25)6-5-15(22-23)21-17(26)24-9-7-18(20,8-10-24)12-13-3-2-4-14(19)11-13/h2*2-6,11H,7-10,12H2,1H3,(H,21,22,26). The Balaban J connectivity index is 0.000000201. The summed E-state index contributed by atoms with van der Waals surface area (Å²) in [5.41, 5.74) is -1.88. The number of urea groups is 2. The molecule has 0 spiro atoms. The minimum absolute atomic E-state index is 0.128. The normalized spacial score (nSPS) is 16.3. The molecule has 2 N–H and O–H groups in total. The predicted octanol–water partition coefficient (Wildman–Crippen LogP) is 5.51. The Bertz CT molecular complexity index is 1870. The molecule has 4 amide bonds. The van der Waals surface area contributed by atoms with Gasteiger partial charge >= 0.3 is 12.1 Å². The van der Waals surface area contributed by atoms with Crippen molar-refractivity contribution in [1.82, 2.24) is 29.4 Å². The average Bonchev–Trinajstić information content (AvgIpc) is 3.09. The highest BCUT2D eigenvalue weighted by Gasteiger charge is 2.37. The molecule has 0 bridgehead atoms. The molecule has 2 aliphatic rings. The smallest absolute Gasteiger partial charge is 0.323 e. The second kappa shape index (κ2) is 16.4. The summed E-state index contributed by atoms with van der Waals surface area (Å²) < 4.78 is 45.6. The molecule has 2 aromatic carbocycles. The highest BCUT2D eigenvalue weighted by atomic mass is 35.5. The first kappa shape index (κ1) is 38.1. The van der Waals surface area contributed by atoms with Gasteiger partial charge in [-0.25, -0.2) is 32.1 Å². The fourth-order valence-electron chi connectivity index (χ4n) is 6.12. The maximum Gasteiger partial charge on any atom is 0.323 e. The third-order valence-corrected chi connectivity index (χ3v) is 9.34. The summed E-state index contributed by atoms with van der Waals surface area (Å²) in [6.07, 6.45) is 1.28. The first-order valence-corrected chi connectivity index (χ1v) is 17.1. The van der Waals surface area contributed by atoms with Crippen LogP contribution < -0.4 is 21.8 Å². The lowest BCUT2D eigenvalue weighted by atomic mass is 9.87. The molecule has 2 aliphatic heterocycles. The van der Waals surface area contributed by atoms with Crippen molar-refractivity contribution in [2.75, 3.05) is 36.8 Å². The summed E-state index contributed by atoms with van der Waals surface area (Å²) in [7, 11) is 2.99. The average molecular weight is 741 g/mol. The van der Waals surface area contributed by atoms with Crippen LogP contribution in [0.1, 0.15) is 36.8 Å². The Morgan fingerprint density at radius 1 is 0.692 bits per heavy atom. The van der Waals surface area contributed by atoms with E-state index >= 15 is 8.78 Å². The number of likely N-dealkylation sites (tertiary alicyclic amines) is 2. The Kier molecular flexibility index (Phi) is 12.0. The molecule has 6 rings (SSSR count). The van der Waals surface area contributed by atoms with Crippen LogP contribution in [0.15, 0.2) is 82.4 Å². The zero-order chi connectivity index (χ0) is 37.5. The number of anilines is 2. The van der Waals surface area contributed by atoms with Crippen molar-refractivity contribution in [2.24, 2.45) is 14.1 Å². The van der Waals surface area contributed by atoms with Crippen LogP contribution >= 0.6 is 11.6 Å². The number of hydrogen-bond donors (Lipinski definition) is 2. The highest BCUT2D eigenvalue weighted by molar-refractivity contribution is 6.30. The summed E-state index contributed by atoms with van der Waals surface area (Å²) in [6.45, 7) is 1.14. The van der Waals surface area contributed by atoms with E-state index in [4.69, 9.17) is 11.6 Å². The maximum atomic E-state index is 15.1. The Labute approximate surface area is 303 Å². The van der Waals surface area contributed by atoms with Crippen LogP contribution in [0.2, 0.25) is 5.02 Å². The van der Waals surface area contributed by atoms with Gasteiger partial charge in [-0.2, -0.15) is 10.2 Å². The quantitative estimate of drug-likeness (QED) is 0.268. The molecule has 2 fully saturated rings. The van der Waals surface area contributed by atoms with Gasteiger partial charge in [-0.15, -0.1) is 0 Å². The van der Waals surface area contributed by atoms with E-state index < -0.39 is 11.3 Å². The maximum absolute atomic E-state index is 15.1. The molecule has 0 radical (unpaired) electrons. The van der Waals surface area contributed by atoms with Crippen molar-refractivity contribution in [2.45, 2.75) is 49.9 Å². The van der Waals surface area contributed by atoms with E-state index in [1.807, 2.05) is 12.1 Å². The lowest BCUT2D eigenvalue weighted by molar-refractivity contribution is 0.0737. The van der Waals surface area contributed by atoms with Gasteiger partial charge < -0.3 is 9.80 Å². The fourth-order valence-corrected chi connectivity index (χ4v) is 6.33. The highest BCUT2D eigenvalue weighted by Crippen LogP contribution is 2.32. The van der Waals surface area contributed by atoms with Crippen LogP contribution in [-0.4, -0.2) is 78.9 Å². The van der Waals surface area contributed by atoms with E-state index in [2.05, 4.69) is 20.8 Å². The number of amides is 4. The molecular formula is C36H40ClF3N8O4. The van der Waals surface area contributed by atoms with E-state index in [0.717, 1.165) is 14.9 Å². The van der Waals surface area contributed by atoms with Gasteiger partial charge in [-0.3, -0.25) is 20.2 Å². The van der Waals surface area contributed by atoms with E-state index in [0.29, 0.717) is 23.7 Å². The monoisotopic (exact) mass is 740 g/mol. The van der Waals surface area contributed by atoms with Crippen molar-refractivity contribution >= 4 is 35.3 Å². The third-order valence-electron chi connectivity index (χ3n) is 9.10. The van der Waals surface area contributed by atoms with Crippen molar-refractivity contribution in [3.05, 3.63) is 115 Å². The van der Waals surface area contributed by atoms with Crippen molar-refractivity contribution < 1.29 is 22.8 Å². The summed E-state index contributed by atoms with van der Waals surface area (Å²) in [6, 6.07) is 17.9. The number of piperidine rings is 2. The molecule has 0 aliphatic carbocycles. The number of carbonyl (C=O) groups excluding carboxylic acids is 2. The zero-order valence-electron chi connectivity index (χ0n) is 28.8. The van der Waals surface area contributed by atoms with Gasteiger partial charge in [0.25, 0.3) is 11.1 Å². The van der Waals surface area contributed by atoms with Gasteiger partial charge in [0.15, 0.2) is 11.6 Å². The lowest BCUT2D eigenvalue weighted by Crippen LogP contribution is -2.47. The molecule has 2 aromatic heterocycles. The lowest BCUT2D eigenvalue weighted by Gasteiger charge is -2.36. The predicted molar refractivity (Wildman–Crippen MR) is 192 cm³/mol. The van der Waals surface area contributed by atoms with Gasteiger partial charge in [-0.1, -0.05) is 35.9 Å². The van der Waals surface area contributed by atoms with E-state index in [9.17, 15) is 23.6 Å². The molecule has 12 nitrogen and oxygen atoms in total. The molecule has 0 atom stereocenters. The fraction of sp³-hybridized carbons (Fsp3) is 0.389. The molecule has 0 saturated carbocycles. The van der Waals surface area contributed by atoms with E-state index in [1.54, 1.807) is 29.2 Å². The molecule has 52 heavy (non-hydrogen) atoms. The minimum Gasteiger partial charge on any atom is -0.324 e. The summed E-state index contributed by atoms with van der Waals surface area (Å²) in [5, 5.41) is 13.7. The number of hydrogen-bond acceptors (Lipinski definition) is 6. The zero-order valence-corrected chi connectivity index (χ0v) is 29.6. The number of nitrogens with one attached hydrogen (secondary N) is 2. The Morgan fingerprint density at radius 3 is 1.52 bits per heavy atom. The summed E-state index contributed by atoms with van der Waals surface area (Å²) in [4.78, 5) is 50.3. The van der Waals surface area contributed by atoms with E-state index in [1.165, 1.54) is 55.4 Å². The number of aromatic nitrogens is 4. The van der Waals surface area contributed by atoms with Gasteiger partial charge in [0.1, 0.15) is 17.2 Å². The number of carbonyl (C=O) groups is 2. The van der Waals surface area contributed by atoms with Crippen LogP contribution in [0.25, 0.3) is 0 Å². The Hall–Kier alpha value is -5.18. The summed E-state index contributed by atoms with van der Waals surface area (Å²) >= 11 is 5.96. The van der Waals surface area contributed by atoms with Gasteiger partial charge in [0, 0.05) is 70.3 Å². The third kappa shape index (κ3) is 10.4. The molecule has 4 heterocycles. The second-order valence-electron chi connectivity index (χ2n) is 13.1. The van der Waals surface area contributed by atoms with Crippen molar-refractivity contribution in [1.29, 1.82) is 0 Å². The largest absolute Gasteiger partial charge is 0.324 e. The molecule has 0 unspecified atom stereocenters. The number of nitrogens with zero attached hydrogens (tertiary/aromatic N) is 6. The summed E-state index contributed by atoms with van der Waals surface area (Å²) in [5.74, 6) is 0.162. The number of alkyl halides is 2. The minimum atomic E-state index is -1.46. The van der Waals surface area contributed by atoms with Gasteiger partial charge in [-0.05, 0) is 73.2 Å². The van der Waals surface area contributed by atoms with Crippen molar-refractivity contribution in [3.8, 4) is 0 Å². The van der Waals surface area contributed by atoms with Crippen LogP contribution in [0, 0.1) is 5.82 Å². The van der Waals surface area contributed by atoms with Gasteiger partial charge in [0.05, 0.1) is 0 Å². The molecular weight excluding hydrogens is 701 g/mol. The number of rotatable bonds is 6. The van der Waals surface area contributed by atoms with E-state index in [-0.39, 0.29) is 92.2 Å². The molecule has 4 aromatic rings. The van der Waals surface area contributed by atoms with Crippen LogP contribution in [-0.2, 0) is 26.9 Å². The van der Waals surface area contributed by atoms with Crippen LogP contribution in [0.3, 0.4) is 0 Å². The van der Waals surface area contributed by atoms with Gasteiger partial charge in [0.2, 0.25) is 0 Å². The molecule has 16 heteroatoms. The topological polar surface area (TPSA) is 134 Å². The van der Waals surface area contributed by atoms with Crippen LogP contribution in [0.5, 0.6) is 0 Å². The van der Waals surface area contributed by atoms with Crippen LogP contribution in [0.4, 0.5) is 34.4 Å². The Morgan fingerprint density at radius 2 is 1.12 bits per heavy atom. The molecule has 276 valence electrons. The molecule has 2 saturated heterocycles. The second-order valence-corrected chi connectivity index (χ2v) is 13.5. The SMILES string of the molecule is Cn1nc(NC(=O)N2CCC(F)(Cc3cccc(Cl)c3)CC2)ccc1=O.Cn1nc(NC(=O)N2CCC(F)(Cc3cccc(F)c3)CC2)ccc1=O. The first-order valence-electron chi connectivity index (χ1n) is 16.8. The number of aryl methyl sites for hydroxylation is 2.